The Morgan fingerprint density at radius 1 is 1.22 bits per heavy atom. The maximum atomic E-state index is 13.4. The number of methoxy groups -OCH3 is 1. The molecule has 2 aromatic rings. The van der Waals surface area contributed by atoms with Crippen molar-refractivity contribution < 1.29 is 19.0 Å². The third-order valence-electron chi connectivity index (χ3n) is 5.33. The van der Waals surface area contributed by atoms with Gasteiger partial charge in [0.25, 0.3) is 0 Å². The van der Waals surface area contributed by atoms with E-state index in [1.165, 1.54) is 19.2 Å². The highest BCUT2D eigenvalue weighted by molar-refractivity contribution is 5.72. The first-order valence-electron chi connectivity index (χ1n) is 9.36. The molecule has 1 heterocycles. The summed E-state index contributed by atoms with van der Waals surface area (Å²) in [6.45, 7) is 4.10. The number of carbonyl (C=O) groups is 1. The molecule has 0 saturated carbocycles. The number of likely N-dealkylation sites (tertiary alicyclic amines) is 1. The van der Waals surface area contributed by atoms with Gasteiger partial charge in [-0.25, -0.2) is 4.39 Å². The van der Waals surface area contributed by atoms with E-state index in [0.29, 0.717) is 11.5 Å². The number of hydrogen-bond acceptors (Lipinski definition) is 4. The van der Waals surface area contributed by atoms with Gasteiger partial charge in [0.1, 0.15) is 11.6 Å². The molecule has 1 saturated heterocycles. The van der Waals surface area contributed by atoms with Crippen molar-refractivity contribution in [1.29, 1.82) is 0 Å². The Morgan fingerprint density at radius 3 is 2.48 bits per heavy atom. The number of hydrogen-bond donors (Lipinski definition) is 1. The van der Waals surface area contributed by atoms with Gasteiger partial charge >= 0.3 is 5.97 Å². The quantitative estimate of drug-likeness (QED) is 0.805. The van der Waals surface area contributed by atoms with Gasteiger partial charge in [-0.1, -0.05) is 31.2 Å². The fourth-order valence-corrected chi connectivity index (χ4v) is 3.69. The summed E-state index contributed by atoms with van der Waals surface area (Å²) in [5, 5.41) is 10.7. The van der Waals surface area contributed by atoms with Crippen LogP contribution >= 0.6 is 0 Å². The Balaban J connectivity index is 1.94. The van der Waals surface area contributed by atoms with E-state index < -0.39 is 0 Å². The molecule has 1 aliphatic rings. The lowest BCUT2D eigenvalue weighted by Gasteiger charge is -2.37. The summed E-state index contributed by atoms with van der Waals surface area (Å²) >= 11 is 0. The Morgan fingerprint density at radius 2 is 1.89 bits per heavy atom. The first-order chi connectivity index (χ1) is 13.0. The second kappa shape index (κ2) is 8.53. The zero-order chi connectivity index (χ0) is 19.4. The topological polar surface area (TPSA) is 49.8 Å². The normalized spacial score (nSPS) is 16.9. The average molecular weight is 371 g/mol. The first-order valence-corrected chi connectivity index (χ1v) is 9.36. The van der Waals surface area contributed by atoms with Crippen molar-refractivity contribution in [3.63, 3.8) is 0 Å². The van der Waals surface area contributed by atoms with Gasteiger partial charge in [-0.2, -0.15) is 0 Å². The van der Waals surface area contributed by atoms with Gasteiger partial charge in [0.05, 0.1) is 19.6 Å². The number of phenolic OH excluding ortho intramolecular Hbond substituents is 1. The van der Waals surface area contributed by atoms with Gasteiger partial charge in [-0.3, -0.25) is 9.69 Å². The van der Waals surface area contributed by atoms with Crippen LogP contribution in [-0.2, 0) is 16.0 Å². The van der Waals surface area contributed by atoms with Gasteiger partial charge in [0.2, 0.25) is 0 Å². The van der Waals surface area contributed by atoms with E-state index in [0.717, 1.165) is 37.1 Å². The zero-order valence-corrected chi connectivity index (χ0v) is 15.8. The van der Waals surface area contributed by atoms with Crippen molar-refractivity contribution >= 4 is 5.97 Å². The van der Waals surface area contributed by atoms with Crippen LogP contribution in [0.25, 0.3) is 0 Å². The van der Waals surface area contributed by atoms with Gasteiger partial charge in [-0.15, -0.1) is 0 Å². The number of rotatable bonds is 5. The number of esters is 1. The number of phenols is 1. The third kappa shape index (κ3) is 4.66. The fraction of sp³-hybridized carbons (Fsp3) is 0.409. The predicted molar refractivity (Wildman–Crippen MR) is 102 cm³/mol. The van der Waals surface area contributed by atoms with Crippen LogP contribution in [0.3, 0.4) is 0 Å². The van der Waals surface area contributed by atoms with E-state index >= 15 is 0 Å². The number of ether oxygens (including phenoxy) is 1. The molecule has 3 rings (SSSR count). The molecule has 1 fully saturated rings. The van der Waals surface area contributed by atoms with E-state index in [1.807, 2.05) is 12.1 Å². The van der Waals surface area contributed by atoms with Crippen LogP contribution in [0.1, 0.15) is 42.5 Å². The third-order valence-corrected chi connectivity index (χ3v) is 5.33. The minimum atomic E-state index is -0.345. The molecule has 1 unspecified atom stereocenters. The molecule has 27 heavy (non-hydrogen) atoms. The highest BCUT2D eigenvalue weighted by Gasteiger charge is 2.28. The van der Waals surface area contributed by atoms with E-state index in [4.69, 9.17) is 4.74 Å². The summed E-state index contributed by atoms with van der Waals surface area (Å²) in [4.78, 5) is 13.8. The van der Waals surface area contributed by atoms with Crippen LogP contribution < -0.4 is 0 Å². The Bertz CT molecular complexity index is 783. The molecule has 1 N–H and O–H groups in total. The van der Waals surface area contributed by atoms with Crippen molar-refractivity contribution in [2.45, 2.75) is 32.2 Å². The summed E-state index contributed by atoms with van der Waals surface area (Å²) in [6.07, 6.45) is 2.31. The molecule has 5 heteroatoms. The summed E-state index contributed by atoms with van der Waals surface area (Å²) in [5.41, 5.74) is 2.42. The molecular formula is C22H26FNO3. The van der Waals surface area contributed by atoms with Crippen molar-refractivity contribution in [1.82, 2.24) is 4.90 Å². The second-order valence-electron chi connectivity index (χ2n) is 7.32. The lowest BCUT2D eigenvalue weighted by Crippen LogP contribution is -2.36. The molecule has 0 aliphatic carbocycles. The number of piperidine rings is 1. The van der Waals surface area contributed by atoms with Crippen molar-refractivity contribution in [2.75, 3.05) is 20.2 Å². The van der Waals surface area contributed by atoms with Crippen LogP contribution in [-0.4, -0.2) is 36.2 Å². The molecule has 0 aromatic heterocycles. The highest BCUT2D eigenvalue weighted by atomic mass is 19.1. The Labute approximate surface area is 159 Å². The van der Waals surface area contributed by atoms with Crippen molar-refractivity contribution in [2.24, 2.45) is 5.92 Å². The highest BCUT2D eigenvalue weighted by Crippen LogP contribution is 2.37. The number of carbonyl (C=O) groups excluding carboxylic acids is 1. The van der Waals surface area contributed by atoms with Gasteiger partial charge in [0, 0.05) is 5.56 Å². The van der Waals surface area contributed by atoms with Crippen LogP contribution in [0, 0.1) is 11.7 Å². The van der Waals surface area contributed by atoms with Gasteiger partial charge in [0.15, 0.2) is 0 Å². The molecule has 0 radical (unpaired) electrons. The van der Waals surface area contributed by atoms with Gasteiger partial charge < -0.3 is 9.84 Å². The molecule has 4 nitrogen and oxygen atoms in total. The molecule has 2 aromatic carbocycles. The van der Waals surface area contributed by atoms with Gasteiger partial charge in [-0.05, 0) is 61.2 Å². The van der Waals surface area contributed by atoms with E-state index in [-0.39, 0.29) is 30.0 Å². The standard InChI is InChI=1S/C22H26FNO3/c1-15-9-11-24(12-10-15)22(17-4-6-18(23)7-5-17)19-8-3-16(13-20(19)25)14-21(26)27-2/h3-8,13,15,22,25H,9-12,14H2,1-2H3. The van der Waals surface area contributed by atoms with Crippen LogP contribution in [0.5, 0.6) is 5.75 Å². The van der Waals surface area contributed by atoms with Crippen molar-refractivity contribution in [3.05, 3.63) is 65.0 Å². The second-order valence-corrected chi connectivity index (χ2v) is 7.32. The molecule has 144 valence electrons. The smallest absolute Gasteiger partial charge is 0.309 e. The van der Waals surface area contributed by atoms with Crippen LogP contribution in [0.4, 0.5) is 4.39 Å². The summed E-state index contributed by atoms with van der Waals surface area (Å²) in [5.74, 6) is 0.208. The van der Waals surface area contributed by atoms with E-state index in [9.17, 15) is 14.3 Å². The predicted octanol–water partition coefficient (Wildman–Crippen LogP) is 4.07. The summed E-state index contributed by atoms with van der Waals surface area (Å²) in [6, 6.07) is 11.6. The van der Waals surface area contributed by atoms with E-state index in [2.05, 4.69) is 11.8 Å². The lowest BCUT2D eigenvalue weighted by molar-refractivity contribution is -0.139. The monoisotopic (exact) mass is 371 g/mol. The number of benzene rings is 2. The molecule has 1 atom stereocenters. The number of nitrogens with zero attached hydrogens (tertiary/aromatic N) is 1. The summed E-state index contributed by atoms with van der Waals surface area (Å²) < 4.78 is 18.1. The SMILES string of the molecule is COC(=O)Cc1ccc(C(c2ccc(F)cc2)N2CCC(C)CC2)c(O)c1. The molecule has 0 bridgehead atoms. The fourth-order valence-electron chi connectivity index (χ4n) is 3.69. The molecule has 0 amide bonds. The van der Waals surface area contributed by atoms with Crippen molar-refractivity contribution in [3.8, 4) is 5.75 Å². The number of aromatic hydroxyl groups is 1. The molecular weight excluding hydrogens is 345 g/mol. The van der Waals surface area contributed by atoms with Crippen LogP contribution in [0.15, 0.2) is 42.5 Å². The summed E-state index contributed by atoms with van der Waals surface area (Å²) in [7, 11) is 1.35. The maximum absolute atomic E-state index is 13.4. The van der Waals surface area contributed by atoms with E-state index in [1.54, 1.807) is 18.2 Å². The first kappa shape index (κ1) is 19.4. The lowest BCUT2D eigenvalue weighted by atomic mass is 9.91. The molecule has 0 spiro atoms. The zero-order valence-electron chi connectivity index (χ0n) is 15.8. The Hall–Kier alpha value is -2.40. The minimum Gasteiger partial charge on any atom is -0.508 e. The largest absolute Gasteiger partial charge is 0.508 e. The maximum Gasteiger partial charge on any atom is 0.309 e. The van der Waals surface area contributed by atoms with Crippen LogP contribution in [0.2, 0.25) is 0 Å². The Kier molecular flexibility index (Phi) is 6.11. The number of halogens is 1. The average Bonchev–Trinajstić information content (AvgIpc) is 2.66. The molecule has 1 aliphatic heterocycles. The minimum absolute atomic E-state index is 0.118.